The molecule has 2 atom stereocenters. The lowest BCUT2D eigenvalue weighted by Gasteiger charge is -2.33. The van der Waals surface area contributed by atoms with E-state index in [1.165, 1.54) is 6.08 Å². The normalized spacial score (nSPS) is 24.4. The number of β-amino-alcohol motifs (C(OH)–C–C–N with tert-alkyl or cyclic N) is 1. The van der Waals surface area contributed by atoms with Gasteiger partial charge in [-0.05, 0) is 18.1 Å². The van der Waals surface area contributed by atoms with Gasteiger partial charge < -0.3 is 15.7 Å². The molecular weight excluding hydrogens is 228 g/mol. The number of rotatable bonds is 2. The summed E-state index contributed by atoms with van der Waals surface area (Å²) in [6.07, 6.45) is 3.35. The standard InChI is InChI=1S/C14H18N2O2/c15-12-8-13(17)10-16(9-12)14(18)7-6-11-4-2-1-3-5-11/h1-7,12-13,17H,8-10,15H2/t12-,13+/m0/s1. The van der Waals surface area contributed by atoms with Crippen LogP contribution in [0.15, 0.2) is 36.4 Å². The van der Waals surface area contributed by atoms with Gasteiger partial charge in [-0.25, -0.2) is 0 Å². The van der Waals surface area contributed by atoms with Crippen LogP contribution in [0.1, 0.15) is 12.0 Å². The molecule has 0 bridgehead atoms. The summed E-state index contributed by atoms with van der Waals surface area (Å²) >= 11 is 0. The van der Waals surface area contributed by atoms with E-state index in [0.29, 0.717) is 19.5 Å². The first-order valence-corrected chi connectivity index (χ1v) is 6.11. The van der Waals surface area contributed by atoms with Crippen molar-refractivity contribution in [3.05, 3.63) is 42.0 Å². The summed E-state index contributed by atoms with van der Waals surface area (Å²) in [5.41, 5.74) is 6.76. The number of benzene rings is 1. The highest BCUT2D eigenvalue weighted by molar-refractivity contribution is 5.91. The van der Waals surface area contributed by atoms with Crippen molar-refractivity contribution in [2.45, 2.75) is 18.6 Å². The number of aliphatic hydroxyl groups excluding tert-OH is 1. The Hall–Kier alpha value is -1.65. The maximum absolute atomic E-state index is 11.9. The first kappa shape index (κ1) is 12.8. The average molecular weight is 246 g/mol. The van der Waals surface area contributed by atoms with Crippen LogP contribution < -0.4 is 5.73 Å². The Kier molecular flexibility index (Phi) is 4.12. The molecule has 4 nitrogen and oxygen atoms in total. The Morgan fingerprint density at radius 1 is 1.33 bits per heavy atom. The SMILES string of the molecule is N[C@H]1C[C@@H](O)CN(C(=O)C=Cc2ccccc2)C1. The van der Waals surface area contributed by atoms with Crippen molar-refractivity contribution in [1.29, 1.82) is 0 Å². The fourth-order valence-electron chi connectivity index (χ4n) is 2.13. The van der Waals surface area contributed by atoms with E-state index in [9.17, 15) is 9.90 Å². The Morgan fingerprint density at radius 3 is 2.72 bits per heavy atom. The lowest BCUT2D eigenvalue weighted by Crippen LogP contribution is -2.50. The van der Waals surface area contributed by atoms with Gasteiger partial charge in [-0.3, -0.25) is 4.79 Å². The van der Waals surface area contributed by atoms with E-state index < -0.39 is 6.10 Å². The van der Waals surface area contributed by atoms with Gasteiger partial charge in [0.15, 0.2) is 0 Å². The Labute approximate surface area is 107 Å². The number of carbonyl (C=O) groups is 1. The second kappa shape index (κ2) is 5.80. The lowest BCUT2D eigenvalue weighted by molar-refractivity contribution is -0.129. The summed E-state index contributed by atoms with van der Waals surface area (Å²) in [6.45, 7) is 0.876. The summed E-state index contributed by atoms with van der Waals surface area (Å²) in [7, 11) is 0. The zero-order valence-electron chi connectivity index (χ0n) is 10.2. The van der Waals surface area contributed by atoms with Crippen LogP contribution in [-0.2, 0) is 4.79 Å². The Bertz CT molecular complexity index is 421. The molecule has 2 rings (SSSR count). The van der Waals surface area contributed by atoms with Crippen LogP contribution in [0.3, 0.4) is 0 Å². The van der Waals surface area contributed by atoms with Crippen molar-refractivity contribution in [3.63, 3.8) is 0 Å². The van der Waals surface area contributed by atoms with Crippen LogP contribution >= 0.6 is 0 Å². The second-order valence-electron chi connectivity index (χ2n) is 4.64. The molecule has 0 unspecified atom stereocenters. The van der Waals surface area contributed by atoms with E-state index in [0.717, 1.165) is 5.56 Å². The molecule has 0 saturated carbocycles. The zero-order chi connectivity index (χ0) is 13.0. The van der Waals surface area contributed by atoms with Gasteiger partial charge in [0.05, 0.1) is 6.10 Å². The first-order chi connectivity index (χ1) is 8.65. The fraction of sp³-hybridized carbons (Fsp3) is 0.357. The van der Waals surface area contributed by atoms with Gasteiger partial charge in [-0.15, -0.1) is 0 Å². The summed E-state index contributed by atoms with van der Waals surface area (Å²) in [5.74, 6) is -0.104. The average Bonchev–Trinajstić information content (AvgIpc) is 2.36. The van der Waals surface area contributed by atoms with Gasteiger partial charge in [0.2, 0.25) is 5.91 Å². The number of nitrogens with zero attached hydrogens (tertiary/aromatic N) is 1. The van der Waals surface area contributed by atoms with E-state index in [2.05, 4.69) is 0 Å². The molecule has 1 heterocycles. The van der Waals surface area contributed by atoms with Gasteiger partial charge in [-0.1, -0.05) is 30.3 Å². The quantitative estimate of drug-likeness (QED) is 0.752. The predicted octanol–water partition coefficient (Wildman–Crippen LogP) is 0.620. The number of piperidine rings is 1. The maximum atomic E-state index is 11.9. The summed E-state index contributed by atoms with van der Waals surface area (Å²) in [4.78, 5) is 13.5. The monoisotopic (exact) mass is 246 g/mol. The molecule has 0 aliphatic carbocycles. The molecular formula is C14H18N2O2. The maximum Gasteiger partial charge on any atom is 0.246 e. The van der Waals surface area contributed by atoms with E-state index in [1.807, 2.05) is 30.3 Å². The smallest absolute Gasteiger partial charge is 0.246 e. The van der Waals surface area contributed by atoms with E-state index in [1.54, 1.807) is 11.0 Å². The number of likely N-dealkylation sites (tertiary alicyclic amines) is 1. The molecule has 1 aliphatic heterocycles. The number of hydrogen-bond acceptors (Lipinski definition) is 3. The van der Waals surface area contributed by atoms with E-state index in [4.69, 9.17) is 5.73 Å². The van der Waals surface area contributed by atoms with Crippen molar-refractivity contribution in [2.75, 3.05) is 13.1 Å². The molecule has 18 heavy (non-hydrogen) atoms. The Morgan fingerprint density at radius 2 is 2.06 bits per heavy atom. The Balaban J connectivity index is 1.97. The van der Waals surface area contributed by atoms with Crippen molar-refractivity contribution in [1.82, 2.24) is 4.90 Å². The highest BCUT2D eigenvalue weighted by atomic mass is 16.3. The fourth-order valence-corrected chi connectivity index (χ4v) is 2.13. The third-order valence-corrected chi connectivity index (χ3v) is 2.99. The minimum atomic E-state index is -0.511. The second-order valence-corrected chi connectivity index (χ2v) is 4.64. The molecule has 0 radical (unpaired) electrons. The molecule has 96 valence electrons. The molecule has 3 N–H and O–H groups in total. The van der Waals surface area contributed by atoms with E-state index >= 15 is 0 Å². The van der Waals surface area contributed by atoms with Crippen LogP contribution in [0.5, 0.6) is 0 Å². The van der Waals surface area contributed by atoms with Crippen LogP contribution in [0.2, 0.25) is 0 Å². The van der Waals surface area contributed by atoms with Crippen LogP contribution in [0.25, 0.3) is 6.08 Å². The number of aliphatic hydroxyl groups is 1. The third-order valence-electron chi connectivity index (χ3n) is 2.99. The van der Waals surface area contributed by atoms with Crippen molar-refractivity contribution < 1.29 is 9.90 Å². The van der Waals surface area contributed by atoms with Crippen molar-refractivity contribution in [2.24, 2.45) is 5.73 Å². The highest BCUT2D eigenvalue weighted by Gasteiger charge is 2.25. The lowest BCUT2D eigenvalue weighted by atomic mass is 10.0. The van der Waals surface area contributed by atoms with Crippen LogP contribution in [-0.4, -0.2) is 41.1 Å². The summed E-state index contributed by atoms with van der Waals surface area (Å²) in [6, 6.07) is 9.50. The number of carbonyl (C=O) groups excluding carboxylic acids is 1. The highest BCUT2D eigenvalue weighted by Crippen LogP contribution is 2.10. The number of amides is 1. The minimum absolute atomic E-state index is 0.104. The molecule has 1 aliphatic rings. The van der Waals surface area contributed by atoms with Gasteiger partial charge in [0, 0.05) is 25.2 Å². The number of hydrogen-bond donors (Lipinski definition) is 2. The molecule has 1 aromatic rings. The van der Waals surface area contributed by atoms with Crippen LogP contribution in [0.4, 0.5) is 0 Å². The van der Waals surface area contributed by atoms with Crippen LogP contribution in [0, 0.1) is 0 Å². The third kappa shape index (κ3) is 3.42. The predicted molar refractivity (Wildman–Crippen MR) is 70.7 cm³/mol. The first-order valence-electron chi connectivity index (χ1n) is 6.11. The molecule has 1 fully saturated rings. The molecule has 1 aromatic carbocycles. The largest absolute Gasteiger partial charge is 0.391 e. The van der Waals surface area contributed by atoms with Crippen molar-refractivity contribution in [3.8, 4) is 0 Å². The van der Waals surface area contributed by atoms with Gasteiger partial charge in [-0.2, -0.15) is 0 Å². The molecule has 0 aromatic heterocycles. The summed E-state index contributed by atoms with van der Waals surface area (Å²) in [5, 5.41) is 9.59. The molecule has 1 saturated heterocycles. The summed E-state index contributed by atoms with van der Waals surface area (Å²) < 4.78 is 0. The van der Waals surface area contributed by atoms with Gasteiger partial charge in [0.25, 0.3) is 0 Å². The van der Waals surface area contributed by atoms with E-state index in [-0.39, 0.29) is 11.9 Å². The topological polar surface area (TPSA) is 66.6 Å². The zero-order valence-corrected chi connectivity index (χ0v) is 10.2. The molecule has 0 spiro atoms. The van der Waals surface area contributed by atoms with Gasteiger partial charge >= 0.3 is 0 Å². The number of nitrogens with two attached hydrogens (primary N) is 1. The molecule has 4 heteroatoms. The minimum Gasteiger partial charge on any atom is -0.391 e. The van der Waals surface area contributed by atoms with Gasteiger partial charge in [0.1, 0.15) is 0 Å². The molecule has 1 amide bonds. The van der Waals surface area contributed by atoms with Crippen molar-refractivity contribution >= 4 is 12.0 Å².